The van der Waals surface area contributed by atoms with E-state index < -0.39 is 0 Å². The van der Waals surface area contributed by atoms with Crippen LogP contribution in [-0.4, -0.2) is 41.4 Å². The summed E-state index contributed by atoms with van der Waals surface area (Å²) >= 11 is 4.99. The first-order chi connectivity index (χ1) is 10.1. The Balaban J connectivity index is 1.82. The van der Waals surface area contributed by atoms with Crippen LogP contribution in [0.5, 0.6) is 0 Å². The fourth-order valence-corrected chi connectivity index (χ4v) is 3.32. The number of nitrogens with zero attached hydrogens (tertiary/aromatic N) is 2. The number of amides is 1. The van der Waals surface area contributed by atoms with Gasteiger partial charge in [-0.15, -0.1) is 11.8 Å². The zero-order valence-corrected chi connectivity index (χ0v) is 14.3. The van der Waals surface area contributed by atoms with Crippen molar-refractivity contribution in [2.24, 2.45) is 0 Å². The van der Waals surface area contributed by atoms with Crippen LogP contribution in [0.15, 0.2) is 28.7 Å². The number of benzene rings is 1. The van der Waals surface area contributed by atoms with Crippen molar-refractivity contribution in [3.63, 3.8) is 0 Å². The van der Waals surface area contributed by atoms with Gasteiger partial charge in [0.05, 0.1) is 12.6 Å². The standard InChI is InChI=1S/C15H18BrN3OS/c1-21-15(11-17)6-8-19(9-7-15)10-14(20)18-13-4-2-12(16)3-5-13/h2-5H,6-10H2,1H3,(H,18,20). The molecule has 1 fully saturated rings. The van der Waals surface area contributed by atoms with Crippen molar-refractivity contribution in [2.75, 3.05) is 31.2 Å². The molecule has 0 aliphatic carbocycles. The lowest BCUT2D eigenvalue weighted by molar-refractivity contribution is -0.117. The summed E-state index contributed by atoms with van der Waals surface area (Å²) in [6.07, 6.45) is 3.62. The Hall–Kier alpha value is -1.03. The largest absolute Gasteiger partial charge is 0.325 e. The number of carbonyl (C=O) groups excluding carboxylic acids is 1. The third-order valence-electron chi connectivity index (χ3n) is 3.75. The number of anilines is 1. The highest BCUT2D eigenvalue weighted by molar-refractivity contribution is 9.10. The second-order valence-corrected chi connectivity index (χ2v) is 7.25. The molecule has 0 atom stereocenters. The predicted octanol–water partition coefficient (Wildman–Crippen LogP) is 3.11. The van der Waals surface area contributed by atoms with E-state index >= 15 is 0 Å². The Bertz CT molecular complexity index is 533. The van der Waals surface area contributed by atoms with Crippen LogP contribution in [0.3, 0.4) is 0 Å². The van der Waals surface area contributed by atoms with Crippen LogP contribution in [0.4, 0.5) is 5.69 Å². The fraction of sp³-hybridized carbons (Fsp3) is 0.467. The molecule has 0 unspecified atom stereocenters. The van der Waals surface area contributed by atoms with E-state index in [0.29, 0.717) is 6.54 Å². The number of carbonyl (C=O) groups is 1. The van der Waals surface area contributed by atoms with E-state index in [-0.39, 0.29) is 10.7 Å². The Morgan fingerprint density at radius 1 is 1.43 bits per heavy atom. The highest BCUT2D eigenvalue weighted by atomic mass is 79.9. The van der Waals surface area contributed by atoms with Crippen LogP contribution in [0.2, 0.25) is 0 Å². The highest BCUT2D eigenvalue weighted by Crippen LogP contribution is 2.33. The fourth-order valence-electron chi connectivity index (χ4n) is 2.37. The topological polar surface area (TPSA) is 56.1 Å². The summed E-state index contributed by atoms with van der Waals surface area (Å²) in [5.41, 5.74) is 0.802. The summed E-state index contributed by atoms with van der Waals surface area (Å²) in [5.74, 6) is -0.00840. The lowest BCUT2D eigenvalue weighted by atomic mass is 9.97. The van der Waals surface area contributed by atoms with Crippen LogP contribution in [0, 0.1) is 11.3 Å². The van der Waals surface area contributed by atoms with Crippen molar-refractivity contribution in [3.8, 4) is 6.07 Å². The number of likely N-dealkylation sites (tertiary alicyclic amines) is 1. The monoisotopic (exact) mass is 367 g/mol. The minimum absolute atomic E-state index is 0.00840. The highest BCUT2D eigenvalue weighted by Gasteiger charge is 2.34. The van der Waals surface area contributed by atoms with Gasteiger partial charge in [-0.1, -0.05) is 15.9 Å². The molecule has 1 N–H and O–H groups in total. The van der Waals surface area contributed by atoms with E-state index in [9.17, 15) is 10.1 Å². The number of nitrogens with one attached hydrogen (secondary N) is 1. The zero-order chi connectivity index (χ0) is 15.3. The van der Waals surface area contributed by atoms with E-state index in [2.05, 4.69) is 32.2 Å². The molecule has 4 nitrogen and oxygen atoms in total. The molecule has 0 spiro atoms. The molecule has 1 aliphatic heterocycles. The van der Waals surface area contributed by atoms with Crippen LogP contribution in [-0.2, 0) is 4.79 Å². The smallest absolute Gasteiger partial charge is 0.238 e. The number of rotatable bonds is 4. The van der Waals surface area contributed by atoms with Crippen molar-refractivity contribution in [1.82, 2.24) is 4.90 Å². The van der Waals surface area contributed by atoms with E-state index in [1.807, 2.05) is 30.5 Å². The molecule has 1 aromatic rings. The second kappa shape index (κ2) is 7.30. The third kappa shape index (κ3) is 4.47. The molecule has 1 aromatic carbocycles. The van der Waals surface area contributed by atoms with Gasteiger partial charge in [-0.05, 0) is 43.4 Å². The Labute approximate surface area is 138 Å². The van der Waals surface area contributed by atoms with Gasteiger partial charge in [0.25, 0.3) is 0 Å². The molecule has 0 bridgehead atoms. The average Bonchev–Trinajstić information content (AvgIpc) is 2.51. The zero-order valence-electron chi connectivity index (χ0n) is 11.9. The molecule has 6 heteroatoms. The van der Waals surface area contributed by atoms with Crippen molar-refractivity contribution >= 4 is 39.3 Å². The number of hydrogen-bond acceptors (Lipinski definition) is 4. The van der Waals surface area contributed by atoms with Crippen LogP contribution >= 0.6 is 27.7 Å². The molecule has 0 radical (unpaired) electrons. The second-order valence-electron chi connectivity index (χ2n) is 5.14. The summed E-state index contributed by atoms with van der Waals surface area (Å²) in [4.78, 5) is 14.1. The average molecular weight is 368 g/mol. The minimum Gasteiger partial charge on any atom is -0.325 e. The van der Waals surface area contributed by atoms with Crippen LogP contribution in [0.1, 0.15) is 12.8 Å². The van der Waals surface area contributed by atoms with E-state index in [1.54, 1.807) is 11.8 Å². The number of nitriles is 1. The van der Waals surface area contributed by atoms with Gasteiger partial charge in [0, 0.05) is 23.2 Å². The van der Waals surface area contributed by atoms with Gasteiger partial charge < -0.3 is 5.32 Å². The predicted molar refractivity (Wildman–Crippen MR) is 90.3 cm³/mol. The maximum absolute atomic E-state index is 12.0. The lowest BCUT2D eigenvalue weighted by Crippen LogP contribution is -2.44. The van der Waals surface area contributed by atoms with Crippen molar-refractivity contribution in [2.45, 2.75) is 17.6 Å². The van der Waals surface area contributed by atoms with Crippen molar-refractivity contribution in [3.05, 3.63) is 28.7 Å². The first kappa shape index (κ1) is 16.3. The quantitative estimate of drug-likeness (QED) is 0.887. The van der Waals surface area contributed by atoms with Gasteiger partial charge in [0.15, 0.2) is 0 Å². The lowest BCUT2D eigenvalue weighted by Gasteiger charge is -2.35. The molecule has 21 heavy (non-hydrogen) atoms. The van der Waals surface area contributed by atoms with Gasteiger partial charge in [-0.3, -0.25) is 9.69 Å². The van der Waals surface area contributed by atoms with Crippen LogP contribution < -0.4 is 5.32 Å². The molecule has 1 amide bonds. The number of hydrogen-bond donors (Lipinski definition) is 1. The van der Waals surface area contributed by atoms with Crippen LogP contribution in [0.25, 0.3) is 0 Å². The molecule has 1 heterocycles. The molecule has 112 valence electrons. The first-order valence-corrected chi connectivity index (χ1v) is 8.83. The minimum atomic E-state index is -0.265. The van der Waals surface area contributed by atoms with E-state index in [1.165, 1.54) is 0 Å². The SMILES string of the molecule is CSC1(C#N)CCN(CC(=O)Nc2ccc(Br)cc2)CC1. The molecule has 1 aliphatic rings. The molecule has 2 rings (SSSR count). The maximum atomic E-state index is 12.0. The summed E-state index contributed by atoms with van der Waals surface area (Å²) in [6, 6.07) is 9.95. The molecule has 0 aromatic heterocycles. The van der Waals surface area contributed by atoms with Crippen molar-refractivity contribution in [1.29, 1.82) is 5.26 Å². The Morgan fingerprint density at radius 2 is 2.05 bits per heavy atom. The van der Waals surface area contributed by atoms with Gasteiger partial charge in [-0.25, -0.2) is 0 Å². The summed E-state index contributed by atoms with van der Waals surface area (Å²) in [7, 11) is 0. The number of thioether (sulfide) groups is 1. The number of piperidine rings is 1. The maximum Gasteiger partial charge on any atom is 0.238 e. The van der Waals surface area contributed by atoms with Gasteiger partial charge in [-0.2, -0.15) is 5.26 Å². The normalized spacial score (nSPS) is 18.0. The van der Waals surface area contributed by atoms with E-state index in [4.69, 9.17) is 0 Å². The number of halogens is 1. The Morgan fingerprint density at radius 3 is 2.57 bits per heavy atom. The van der Waals surface area contributed by atoms with Crippen molar-refractivity contribution < 1.29 is 4.79 Å². The molecular formula is C15H18BrN3OS. The summed E-state index contributed by atoms with van der Waals surface area (Å²) in [5, 5.41) is 12.1. The van der Waals surface area contributed by atoms with Gasteiger partial charge >= 0.3 is 0 Å². The molecular weight excluding hydrogens is 350 g/mol. The first-order valence-electron chi connectivity index (χ1n) is 6.81. The van der Waals surface area contributed by atoms with Gasteiger partial charge in [0.1, 0.15) is 4.75 Å². The molecule has 0 saturated carbocycles. The van der Waals surface area contributed by atoms with Gasteiger partial charge in [0.2, 0.25) is 5.91 Å². The third-order valence-corrected chi connectivity index (χ3v) is 5.56. The Kier molecular flexibility index (Phi) is 5.68. The summed E-state index contributed by atoms with van der Waals surface area (Å²) < 4.78 is 0.722. The molecule has 1 saturated heterocycles. The summed E-state index contributed by atoms with van der Waals surface area (Å²) in [6.45, 7) is 1.97. The van der Waals surface area contributed by atoms with E-state index in [0.717, 1.165) is 36.1 Å².